The highest BCUT2D eigenvalue weighted by molar-refractivity contribution is 5.67. The number of carbonyl (C=O) groups excluding carboxylic acids is 3. The summed E-state index contributed by atoms with van der Waals surface area (Å²) in [6.45, 7) is 3.00. The van der Waals surface area contributed by atoms with E-state index in [1.54, 1.807) is 0 Å². The first-order valence-corrected chi connectivity index (χ1v) is 6.61. The minimum absolute atomic E-state index is 0.347. The number of hydrogen-bond acceptors (Lipinski definition) is 9. The van der Waals surface area contributed by atoms with E-state index in [1.807, 2.05) is 0 Å². The van der Waals surface area contributed by atoms with Crippen LogP contribution in [0.1, 0.15) is 20.8 Å². The van der Waals surface area contributed by atoms with E-state index in [0.717, 1.165) is 20.8 Å². The number of carbonyl (C=O) groups is 3. The van der Waals surface area contributed by atoms with Gasteiger partial charge >= 0.3 is 17.9 Å². The van der Waals surface area contributed by atoms with Gasteiger partial charge in [-0.2, -0.15) is 0 Å². The maximum Gasteiger partial charge on any atom is 0.303 e. The molecular weight excluding hydrogens is 314 g/mol. The average molecular weight is 331 g/mol. The Labute approximate surface area is 131 Å². The molecule has 1 N–H and O–H groups in total. The van der Waals surface area contributed by atoms with Crippen molar-refractivity contribution in [2.24, 2.45) is 5.11 Å². The van der Waals surface area contributed by atoms with E-state index in [-0.39, 0.29) is 6.61 Å². The fraction of sp³-hybridized carbons (Fsp3) is 0.750. The molecule has 0 radical (unpaired) electrons. The fourth-order valence-corrected chi connectivity index (χ4v) is 2.09. The monoisotopic (exact) mass is 331 g/mol. The highest BCUT2D eigenvalue weighted by atomic mass is 16.7. The average Bonchev–Trinajstić information content (AvgIpc) is 2.43. The highest BCUT2D eigenvalue weighted by Crippen LogP contribution is 2.28. The van der Waals surface area contributed by atoms with Crippen molar-refractivity contribution in [1.82, 2.24) is 0 Å². The lowest BCUT2D eigenvalue weighted by Crippen LogP contribution is -2.60. The number of nitrogens with zero attached hydrogens (tertiary/aromatic N) is 3. The van der Waals surface area contributed by atoms with Gasteiger partial charge < -0.3 is 24.1 Å². The van der Waals surface area contributed by atoms with Crippen LogP contribution in [0.3, 0.4) is 0 Å². The molecule has 0 aromatic rings. The van der Waals surface area contributed by atoms with Crippen molar-refractivity contribution in [3.8, 4) is 0 Å². The summed E-state index contributed by atoms with van der Waals surface area (Å²) in [4.78, 5) is 35.9. The van der Waals surface area contributed by atoms with Crippen LogP contribution < -0.4 is 0 Å². The first-order chi connectivity index (χ1) is 10.8. The van der Waals surface area contributed by atoms with Crippen molar-refractivity contribution in [3.63, 3.8) is 0 Å². The zero-order chi connectivity index (χ0) is 17.6. The van der Waals surface area contributed by atoms with Crippen LogP contribution in [0.5, 0.6) is 0 Å². The normalized spacial score (nSPS) is 29.8. The van der Waals surface area contributed by atoms with E-state index >= 15 is 0 Å². The predicted molar refractivity (Wildman–Crippen MR) is 71.6 cm³/mol. The second-order valence-electron chi connectivity index (χ2n) is 4.71. The molecule has 1 rings (SSSR count). The molecule has 0 aromatic heterocycles. The van der Waals surface area contributed by atoms with Gasteiger partial charge in [0.15, 0.2) is 18.5 Å². The summed E-state index contributed by atoms with van der Waals surface area (Å²) in [5.41, 5.74) is 8.68. The zero-order valence-electron chi connectivity index (χ0n) is 12.7. The molecule has 1 aliphatic heterocycles. The number of aliphatic hydroxyl groups excluding tert-OH is 1. The second-order valence-corrected chi connectivity index (χ2v) is 4.71. The smallest absolute Gasteiger partial charge is 0.303 e. The van der Waals surface area contributed by atoms with Gasteiger partial charge in [0.05, 0.1) is 0 Å². The van der Waals surface area contributed by atoms with Crippen LogP contribution in [0.15, 0.2) is 5.11 Å². The van der Waals surface area contributed by atoms with Gasteiger partial charge in [-0.05, 0) is 5.53 Å². The predicted octanol–water partition coefficient (Wildman–Crippen LogP) is -0.191. The number of rotatable bonds is 5. The molecule has 1 heterocycles. The summed E-state index contributed by atoms with van der Waals surface area (Å²) < 4.78 is 19.8. The lowest BCUT2D eigenvalue weighted by atomic mass is 9.96. The Bertz CT molecular complexity index is 518. The summed E-state index contributed by atoms with van der Waals surface area (Å²) in [5, 5.41) is 13.4. The molecule has 0 amide bonds. The third-order valence-electron chi connectivity index (χ3n) is 2.88. The lowest BCUT2D eigenvalue weighted by Gasteiger charge is -2.41. The third-order valence-corrected chi connectivity index (χ3v) is 2.88. The standard InChI is InChI=1S/C12H17N3O8/c1-5(16)20-4-8-9(14-15-13)10(21-6(2)17)11(12(19)23-8)22-7(3)18/h8-12,19H,4H2,1-3H3/t8-,9-,10+,11-,12?/m1/s1. The number of ether oxygens (including phenoxy) is 4. The minimum atomic E-state index is -1.66. The molecule has 1 fully saturated rings. The van der Waals surface area contributed by atoms with Gasteiger partial charge in [-0.15, -0.1) is 0 Å². The summed E-state index contributed by atoms with van der Waals surface area (Å²) in [6.07, 6.45) is -5.42. The highest BCUT2D eigenvalue weighted by Gasteiger charge is 2.49. The molecule has 5 atom stereocenters. The quantitative estimate of drug-likeness (QED) is 0.239. The van der Waals surface area contributed by atoms with Crippen molar-refractivity contribution < 1.29 is 38.4 Å². The Morgan fingerprint density at radius 3 is 2.17 bits per heavy atom. The minimum Gasteiger partial charge on any atom is -0.463 e. The summed E-state index contributed by atoms with van der Waals surface area (Å²) in [7, 11) is 0. The summed E-state index contributed by atoms with van der Waals surface area (Å²) in [6, 6.07) is -1.17. The Morgan fingerprint density at radius 1 is 1.13 bits per heavy atom. The summed E-state index contributed by atoms with van der Waals surface area (Å²) in [5.74, 6) is -2.12. The SMILES string of the molecule is CC(=O)OC[C@H]1OC(O)[C@H](OC(C)=O)[C@@H](OC(C)=O)[C@@H]1N=[N+]=[N-]. The molecule has 1 saturated heterocycles. The molecule has 0 aliphatic carbocycles. The van der Waals surface area contributed by atoms with Crippen LogP contribution in [0.25, 0.3) is 10.4 Å². The van der Waals surface area contributed by atoms with Gasteiger partial charge in [0.1, 0.15) is 18.8 Å². The molecule has 0 spiro atoms. The van der Waals surface area contributed by atoms with Gasteiger partial charge in [0.2, 0.25) is 0 Å². The van der Waals surface area contributed by atoms with Gasteiger partial charge in [0, 0.05) is 25.7 Å². The van der Waals surface area contributed by atoms with Crippen molar-refractivity contribution in [2.75, 3.05) is 6.61 Å². The van der Waals surface area contributed by atoms with E-state index in [2.05, 4.69) is 10.0 Å². The zero-order valence-corrected chi connectivity index (χ0v) is 12.7. The van der Waals surface area contributed by atoms with E-state index < -0.39 is 48.6 Å². The second kappa shape index (κ2) is 8.32. The molecule has 11 nitrogen and oxygen atoms in total. The van der Waals surface area contributed by atoms with Gasteiger partial charge in [-0.1, -0.05) is 5.11 Å². The first kappa shape index (κ1) is 18.7. The number of azide groups is 1. The van der Waals surface area contributed by atoms with E-state index in [9.17, 15) is 19.5 Å². The van der Waals surface area contributed by atoms with Crippen LogP contribution in [-0.2, 0) is 33.3 Å². The Kier molecular flexibility index (Phi) is 6.76. The largest absolute Gasteiger partial charge is 0.463 e. The van der Waals surface area contributed by atoms with Gasteiger partial charge in [-0.25, -0.2) is 0 Å². The molecule has 128 valence electrons. The van der Waals surface area contributed by atoms with Gasteiger partial charge in [-0.3, -0.25) is 14.4 Å². The fourth-order valence-electron chi connectivity index (χ4n) is 2.09. The Morgan fingerprint density at radius 2 is 1.70 bits per heavy atom. The Hall–Kier alpha value is -2.36. The van der Waals surface area contributed by atoms with Crippen molar-refractivity contribution >= 4 is 17.9 Å². The molecule has 1 aliphatic rings. The third kappa shape index (κ3) is 5.40. The molecular formula is C12H17N3O8. The van der Waals surface area contributed by atoms with Crippen molar-refractivity contribution in [1.29, 1.82) is 0 Å². The Balaban J connectivity index is 3.09. The molecule has 1 unspecified atom stereocenters. The maximum atomic E-state index is 11.3. The molecule has 0 saturated carbocycles. The number of hydrogen-bond donors (Lipinski definition) is 1. The first-order valence-electron chi connectivity index (χ1n) is 6.61. The molecule has 0 aromatic carbocycles. The van der Waals surface area contributed by atoms with Crippen LogP contribution in [0.2, 0.25) is 0 Å². The van der Waals surface area contributed by atoms with Gasteiger partial charge in [0.25, 0.3) is 0 Å². The maximum absolute atomic E-state index is 11.3. The topological polar surface area (TPSA) is 157 Å². The number of aliphatic hydroxyl groups is 1. The summed E-state index contributed by atoms with van der Waals surface area (Å²) >= 11 is 0. The van der Waals surface area contributed by atoms with Crippen LogP contribution >= 0.6 is 0 Å². The van der Waals surface area contributed by atoms with Crippen molar-refractivity contribution in [2.45, 2.75) is 51.4 Å². The van der Waals surface area contributed by atoms with E-state index in [0.29, 0.717) is 0 Å². The van der Waals surface area contributed by atoms with Crippen molar-refractivity contribution in [3.05, 3.63) is 10.4 Å². The molecule has 11 heteroatoms. The van der Waals surface area contributed by atoms with Crippen LogP contribution in [-0.4, -0.2) is 60.3 Å². The molecule has 0 bridgehead atoms. The lowest BCUT2D eigenvalue weighted by molar-refractivity contribution is -0.269. The van der Waals surface area contributed by atoms with Crippen LogP contribution in [0.4, 0.5) is 0 Å². The van der Waals surface area contributed by atoms with E-state index in [1.165, 1.54) is 0 Å². The molecule has 23 heavy (non-hydrogen) atoms. The van der Waals surface area contributed by atoms with Crippen LogP contribution in [0, 0.1) is 0 Å². The number of esters is 3. The van der Waals surface area contributed by atoms with E-state index in [4.69, 9.17) is 24.5 Å².